The molecule has 0 bridgehead atoms. The highest BCUT2D eigenvalue weighted by atomic mass is 32.2. The third kappa shape index (κ3) is 1.54. The van der Waals surface area contributed by atoms with E-state index < -0.39 is 0 Å². The second-order valence-electron chi connectivity index (χ2n) is 3.17. The number of nitrogens with zero attached hydrogens (tertiary/aromatic N) is 2. The number of aromatic amines is 1. The minimum absolute atomic E-state index is 0.0264. The van der Waals surface area contributed by atoms with Crippen molar-refractivity contribution in [3.05, 3.63) is 22.9 Å². The lowest BCUT2D eigenvalue weighted by atomic mass is 10.1. The third-order valence-electron chi connectivity index (χ3n) is 2.16. The Kier molecular flexibility index (Phi) is 2.00. The summed E-state index contributed by atoms with van der Waals surface area (Å²) >= 11 is 1.78. The van der Waals surface area contributed by atoms with Gasteiger partial charge < -0.3 is 0 Å². The van der Waals surface area contributed by atoms with Gasteiger partial charge in [0.05, 0.1) is 10.1 Å². The van der Waals surface area contributed by atoms with Crippen molar-refractivity contribution in [3.8, 4) is 0 Å². The quantitative estimate of drug-likeness (QED) is 0.685. The molecule has 0 aliphatic heterocycles. The fraction of sp³-hybridized carbons (Fsp3) is 0.333. The van der Waals surface area contributed by atoms with Crippen LogP contribution in [0.2, 0.25) is 0 Å². The Morgan fingerprint density at radius 2 is 2.38 bits per heavy atom. The summed E-state index contributed by atoms with van der Waals surface area (Å²) in [6.07, 6.45) is 10.4. The molecular formula is C9H11N3S. The van der Waals surface area contributed by atoms with Gasteiger partial charge in [0.1, 0.15) is 5.35 Å². The highest BCUT2D eigenvalue weighted by Gasteiger charge is 2.16. The molecule has 0 saturated carbocycles. The zero-order chi connectivity index (χ0) is 9.31. The molecule has 0 aromatic carbocycles. The van der Waals surface area contributed by atoms with Crippen molar-refractivity contribution in [2.75, 3.05) is 6.26 Å². The monoisotopic (exact) mass is 193 g/mol. The van der Waals surface area contributed by atoms with Crippen LogP contribution in [0.15, 0.2) is 12.2 Å². The average Bonchev–Trinajstić information content (AvgIpc) is 2.47. The first-order chi connectivity index (χ1) is 6.23. The molecule has 68 valence electrons. The van der Waals surface area contributed by atoms with Crippen LogP contribution in [0.3, 0.4) is 0 Å². The fourth-order valence-corrected chi connectivity index (χ4v) is 1.70. The van der Waals surface area contributed by atoms with E-state index in [2.05, 4.69) is 40.7 Å². The number of nitrogens with one attached hydrogen (secondary N) is 1. The fourth-order valence-electron chi connectivity index (χ4n) is 1.26. The number of H-pyrrole nitrogens is 1. The molecule has 3 nitrogen and oxygen atoms in total. The normalized spacial score (nSPS) is 25.7. The van der Waals surface area contributed by atoms with E-state index in [1.54, 1.807) is 11.8 Å². The molecule has 2 rings (SSSR count). The van der Waals surface area contributed by atoms with Gasteiger partial charge >= 0.3 is 0 Å². The van der Waals surface area contributed by atoms with Crippen molar-refractivity contribution in [1.82, 2.24) is 15.4 Å². The van der Waals surface area contributed by atoms with Crippen LogP contribution in [0, 0.1) is 0 Å². The first-order valence-electron chi connectivity index (χ1n) is 4.08. The van der Waals surface area contributed by atoms with E-state index in [9.17, 15) is 0 Å². The Balaban J connectivity index is 2.66. The molecule has 1 aromatic rings. The van der Waals surface area contributed by atoms with Gasteiger partial charge in [-0.2, -0.15) is 11.8 Å². The zero-order valence-electron chi connectivity index (χ0n) is 7.61. The molecule has 0 amide bonds. The lowest BCUT2D eigenvalue weighted by Gasteiger charge is -2.16. The zero-order valence-corrected chi connectivity index (χ0v) is 8.43. The van der Waals surface area contributed by atoms with Crippen molar-refractivity contribution in [3.63, 3.8) is 0 Å². The first-order valence-corrected chi connectivity index (χ1v) is 5.31. The van der Waals surface area contributed by atoms with Crippen LogP contribution in [0.1, 0.15) is 6.92 Å². The predicted molar refractivity (Wildman–Crippen MR) is 55.6 cm³/mol. The van der Waals surface area contributed by atoms with Crippen LogP contribution in [-0.2, 0) is 0 Å². The summed E-state index contributed by atoms with van der Waals surface area (Å²) in [4.78, 5) is 0. The Hall–Kier alpha value is -1.03. The maximum atomic E-state index is 4.01. The van der Waals surface area contributed by atoms with Crippen molar-refractivity contribution in [2.45, 2.75) is 11.7 Å². The van der Waals surface area contributed by atoms with Crippen LogP contribution in [0.4, 0.5) is 0 Å². The lowest BCUT2D eigenvalue weighted by molar-refractivity contribution is 0.922. The summed E-state index contributed by atoms with van der Waals surface area (Å²) in [6.45, 7) is 2.16. The van der Waals surface area contributed by atoms with Gasteiger partial charge in [0, 0.05) is 0 Å². The van der Waals surface area contributed by atoms with Crippen molar-refractivity contribution in [1.29, 1.82) is 0 Å². The summed E-state index contributed by atoms with van der Waals surface area (Å²) in [5.74, 6) is 0. The molecule has 1 heterocycles. The van der Waals surface area contributed by atoms with Gasteiger partial charge in [-0.25, -0.2) is 0 Å². The van der Waals surface area contributed by atoms with Crippen LogP contribution < -0.4 is 10.7 Å². The number of allylic oxidation sites excluding steroid dienone is 1. The molecule has 1 aromatic heterocycles. The van der Waals surface area contributed by atoms with Crippen LogP contribution in [0.5, 0.6) is 0 Å². The number of aromatic nitrogens is 3. The van der Waals surface area contributed by atoms with E-state index in [0.717, 1.165) is 10.7 Å². The molecular weight excluding hydrogens is 182 g/mol. The molecule has 1 N–H and O–H groups in total. The van der Waals surface area contributed by atoms with Crippen LogP contribution in [0.25, 0.3) is 12.2 Å². The summed E-state index contributed by atoms with van der Waals surface area (Å²) in [5.41, 5.74) is 0. The highest BCUT2D eigenvalue weighted by Crippen LogP contribution is 2.25. The van der Waals surface area contributed by atoms with Gasteiger partial charge in [-0.05, 0) is 25.3 Å². The molecule has 0 spiro atoms. The number of fused-ring (bicyclic) bond motifs is 1. The number of rotatable bonds is 1. The Labute approximate surface area is 80.6 Å². The highest BCUT2D eigenvalue weighted by molar-refractivity contribution is 8.00. The second kappa shape index (κ2) is 3.03. The first kappa shape index (κ1) is 8.56. The van der Waals surface area contributed by atoms with Gasteiger partial charge in [0.25, 0.3) is 0 Å². The van der Waals surface area contributed by atoms with E-state index in [-0.39, 0.29) is 4.75 Å². The number of thioether (sulfide) groups is 1. The van der Waals surface area contributed by atoms with Crippen LogP contribution in [-0.4, -0.2) is 26.4 Å². The maximum absolute atomic E-state index is 4.01. The van der Waals surface area contributed by atoms with Gasteiger partial charge in [0.2, 0.25) is 0 Å². The lowest BCUT2D eigenvalue weighted by Crippen LogP contribution is -2.27. The summed E-state index contributed by atoms with van der Waals surface area (Å²) in [5, 5.41) is 12.5. The smallest absolute Gasteiger partial charge is 0.110 e. The molecule has 1 unspecified atom stereocenters. The minimum Gasteiger partial charge on any atom is -0.258 e. The SMILES string of the molecule is CSC1(C)C=CC=c2[nH]nnc2=C1. The van der Waals surface area contributed by atoms with E-state index in [1.807, 2.05) is 12.2 Å². The van der Waals surface area contributed by atoms with Gasteiger partial charge in [-0.1, -0.05) is 17.4 Å². The molecule has 0 saturated heterocycles. The van der Waals surface area contributed by atoms with Crippen molar-refractivity contribution in [2.24, 2.45) is 0 Å². The average molecular weight is 193 g/mol. The maximum Gasteiger partial charge on any atom is 0.110 e. The number of hydrogen-bond donors (Lipinski definition) is 1. The standard InChI is InChI=1S/C9H11N3S/c1-9(13-2)5-3-4-7-8(6-9)11-12-10-7/h3-6H,1-2H3,(H,10,11). The van der Waals surface area contributed by atoms with Crippen molar-refractivity contribution >= 4 is 23.9 Å². The molecule has 13 heavy (non-hydrogen) atoms. The topological polar surface area (TPSA) is 41.6 Å². The predicted octanol–water partition coefficient (Wildman–Crippen LogP) is 0.0572. The second-order valence-corrected chi connectivity index (χ2v) is 4.46. The van der Waals surface area contributed by atoms with Gasteiger partial charge in [-0.3, -0.25) is 5.10 Å². The summed E-state index contributed by atoms with van der Waals surface area (Å²) in [7, 11) is 0. The molecule has 1 aliphatic carbocycles. The van der Waals surface area contributed by atoms with E-state index in [0.29, 0.717) is 0 Å². The molecule has 1 atom stereocenters. The van der Waals surface area contributed by atoms with Crippen LogP contribution >= 0.6 is 11.8 Å². The van der Waals surface area contributed by atoms with Crippen molar-refractivity contribution < 1.29 is 0 Å². The molecule has 1 aliphatic rings. The van der Waals surface area contributed by atoms with E-state index in [1.165, 1.54) is 0 Å². The molecule has 0 radical (unpaired) electrons. The molecule has 0 fully saturated rings. The Morgan fingerprint density at radius 1 is 1.54 bits per heavy atom. The molecule has 4 heteroatoms. The minimum atomic E-state index is 0.0264. The Morgan fingerprint density at radius 3 is 3.15 bits per heavy atom. The Bertz CT molecular complexity index is 446. The van der Waals surface area contributed by atoms with Gasteiger partial charge in [-0.15, -0.1) is 5.10 Å². The summed E-state index contributed by atoms with van der Waals surface area (Å²) < 4.78 is 0.0264. The van der Waals surface area contributed by atoms with Gasteiger partial charge in [0.15, 0.2) is 0 Å². The van der Waals surface area contributed by atoms with E-state index in [4.69, 9.17) is 0 Å². The number of hydrogen-bond acceptors (Lipinski definition) is 3. The van der Waals surface area contributed by atoms with E-state index >= 15 is 0 Å². The largest absolute Gasteiger partial charge is 0.258 e. The summed E-state index contributed by atoms with van der Waals surface area (Å²) in [6, 6.07) is 0. The third-order valence-corrected chi connectivity index (χ3v) is 3.29.